The van der Waals surface area contributed by atoms with E-state index >= 15 is 0 Å². The van der Waals surface area contributed by atoms with Crippen LogP contribution in [0.1, 0.15) is 0 Å². The Morgan fingerprint density at radius 1 is 0.345 bits per heavy atom. The van der Waals surface area contributed by atoms with Crippen LogP contribution in [0.3, 0.4) is 0 Å². The molecule has 2 heterocycles. The summed E-state index contributed by atoms with van der Waals surface area (Å²) in [5.41, 5.74) is 12.1. The molecule has 0 saturated heterocycles. The highest BCUT2D eigenvalue weighted by molar-refractivity contribution is 7.26. The van der Waals surface area contributed by atoms with Crippen LogP contribution < -0.4 is 4.90 Å². The Morgan fingerprint density at radius 3 is 1.64 bits per heavy atom. The Morgan fingerprint density at radius 2 is 0.891 bits per heavy atom. The minimum Gasteiger partial charge on any atom is -0.453 e. The van der Waals surface area contributed by atoms with Crippen molar-refractivity contribution < 1.29 is 4.42 Å². The Kier molecular flexibility index (Phi) is 7.39. The monoisotopic (exact) mass is 719 g/mol. The van der Waals surface area contributed by atoms with E-state index in [-0.39, 0.29) is 0 Å². The molecule has 0 unspecified atom stereocenters. The molecule has 0 saturated carbocycles. The summed E-state index contributed by atoms with van der Waals surface area (Å²) in [6, 6.07) is 72.0. The fourth-order valence-electron chi connectivity index (χ4n) is 8.17. The van der Waals surface area contributed by atoms with Crippen LogP contribution in [0.5, 0.6) is 0 Å². The number of benzene rings is 9. The van der Waals surface area contributed by atoms with Crippen LogP contribution in [0, 0.1) is 0 Å². The molecule has 258 valence electrons. The average molecular weight is 720 g/mol. The molecule has 9 aromatic carbocycles. The highest BCUT2D eigenvalue weighted by Gasteiger charge is 2.20. The van der Waals surface area contributed by atoms with Crippen molar-refractivity contribution in [1.29, 1.82) is 0 Å². The van der Waals surface area contributed by atoms with Crippen molar-refractivity contribution in [3.05, 3.63) is 200 Å². The van der Waals surface area contributed by atoms with Crippen molar-refractivity contribution in [3.8, 4) is 33.4 Å². The quantitative estimate of drug-likeness (QED) is 0.170. The molecular weight excluding hydrogens is 687 g/mol. The van der Waals surface area contributed by atoms with Crippen molar-refractivity contribution in [1.82, 2.24) is 0 Å². The summed E-state index contributed by atoms with van der Waals surface area (Å²) >= 11 is 1.87. The Hall–Kier alpha value is -6.94. The fourth-order valence-corrected chi connectivity index (χ4v) is 9.41. The smallest absolute Gasteiger partial charge is 0.159 e. The number of thiophene rings is 1. The maximum Gasteiger partial charge on any atom is 0.159 e. The molecule has 2 nitrogen and oxygen atoms in total. The number of para-hydroxylation sites is 1. The molecule has 0 aliphatic carbocycles. The zero-order valence-electron chi connectivity index (χ0n) is 29.8. The highest BCUT2D eigenvalue weighted by Crippen LogP contribution is 2.45. The first kappa shape index (κ1) is 31.6. The number of hydrogen-bond donors (Lipinski definition) is 0. The third kappa shape index (κ3) is 5.32. The van der Waals surface area contributed by atoms with Crippen molar-refractivity contribution in [3.63, 3.8) is 0 Å². The maximum atomic E-state index is 6.86. The van der Waals surface area contributed by atoms with Crippen LogP contribution in [0.25, 0.3) is 86.3 Å². The summed E-state index contributed by atoms with van der Waals surface area (Å²) in [6.45, 7) is 0. The summed E-state index contributed by atoms with van der Waals surface area (Å²) in [4.78, 5) is 2.32. The molecule has 0 radical (unpaired) electrons. The number of nitrogens with zero attached hydrogens (tertiary/aromatic N) is 1. The largest absolute Gasteiger partial charge is 0.453 e. The molecule has 3 heteroatoms. The van der Waals surface area contributed by atoms with Gasteiger partial charge in [0.15, 0.2) is 5.58 Å². The SMILES string of the molecule is c1ccc(-c2ccc(N(c3ccc(-c4ccc(-c5cccc6c5sc5ccccc56)cc4)cc3)c3cccc4c3oc3c5ccccc5ccc43)cc2)cc1. The molecule has 0 fully saturated rings. The van der Waals surface area contributed by atoms with Gasteiger partial charge in [0.2, 0.25) is 0 Å². The molecule has 55 heavy (non-hydrogen) atoms. The first-order valence-corrected chi connectivity index (χ1v) is 19.5. The molecule has 0 aliphatic rings. The lowest BCUT2D eigenvalue weighted by atomic mass is 9.98. The van der Waals surface area contributed by atoms with Gasteiger partial charge < -0.3 is 9.32 Å². The molecule has 2 aromatic heterocycles. The van der Waals surface area contributed by atoms with Gasteiger partial charge in [0.25, 0.3) is 0 Å². The van der Waals surface area contributed by atoms with E-state index in [1.165, 1.54) is 58.9 Å². The molecule has 11 aromatic rings. The Bertz CT molecular complexity index is 3170. The molecule has 0 bridgehead atoms. The van der Waals surface area contributed by atoms with Crippen LogP contribution in [0.15, 0.2) is 205 Å². The third-order valence-electron chi connectivity index (χ3n) is 10.9. The topological polar surface area (TPSA) is 16.4 Å². The normalized spacial score (nSPS) is 11.6. The summed E-state index contributed by atoms with van der Waals surface area (Å²) < 4.78 is 9.52. The molecule has 0 N–H and O–H groups in total. The first-order valence-electron chi connectivity index (χ1n) is 18.7. The van der Waals surface area contributed by atoms with E-state index < -0.39 is 0 Å². The van der Waals surface area contributed by atoms with Crippen LogP contribution in [0.4, 0.5) is 17.1 Å². The fraction of sp³-hybridized carbons (Fsp3) is 0. The van der Waals surface area contributed by atoms with Gasteiger partial charge in [-0.1, -0.05) is 158 Å². The van der Waals surface area contributed by atoms with Gasteiger partial charge >= 0.3 is 0 Å². The van der Waals surface area contributed by atoms with Crippen LogP contribution in [0.2, 0.25) is 0 Å². The van der Waals surface area contributed by atoms with Crippen molar-refractivity contribution >= 4 is 81.3 Å². The van der Waals surface area contributed by atoms with Gasteiger partial charge in [-0.2, -0.15) is 0 Å². The molecule has 0 atom stereocenters. The zero-order valence-corrected chi connectivity index (χ0v) is 30.6. The lowest BCUT2D eigenvalue weighted by Crippen LogP contribution is -2.10. The summed E-state index contributed by atoms with van der Waals surface area (Å²) in [5.74, 6) is 0. The number of rotatable bonds is 6. The number of anilines is 3. The van der Waals surface area contributed by atoms with Gasteiger partial charge in [0.05, 0.1) is 5.69 Å². The molecular formula is C52H33NOS. The van der Waals surface area contributed by atoms with Crippen molar-refractivity contribution in [2.45, 2.75) is 0 Å². The van der Waals surface area contributed by atoms with Crippen LogP contribution in [-0.4, -0.2) is 0 Å². The predicted molar refractivity (Wildman–Crippen MR) is 235 cm³/mol. The van der Waals surface area contributed by atoms with E-state index in [1.54, 1.807) is 0 Å². The van der Waals surface area contributed by atoms with Crippen molar-refractivity contribution in [2.75, 3.05) is 4.90 Å². The number of furan rings is 1. The van der Waals surface area contributed by atoms with E-state index in [0.29, 0.717) is 0 Å². The molecule has 11 rings (SSSR count). The van der Waals surface area contributed by atoms with Gasteiger partial charge in [-0.25, -0.2) is 0 Å². The summed E-state index contributed by atoms with van der Waals surface area (Å²) in [5, 5.41) is 7.17. The van der Waals surface area contributed by atoms with E-state index in [0.717, 1.165) is 44.4 Å². The predicted octanol–water partition coefficient (Wildman–Crippen LogP) is 15.6. The second-order valence-corrected chi connectivity index (χ2v) is 15.1. The summed E-state index contributed by atoms with van der Waals surface area (Å²) in [6.07, 6.45) is 0. The molecule has 0 spiro atoms. The minimum atomic E-state index is 0.870. The van der Waals surface area contributed by atoms with Gasteiger partial charge in [-0.15, -0.1) is 11.3 Å². The minimum absolute atomic E-state index is 0.870. The van der Waals surface area contributed by atoms with Crippen LogP contribution >= 0.6 is 11.3 Å². The molecule has 0 aliphatic heterocycles. The van der Waals surface area contributed by atoms with E-state index in [4.69, 9.17) is 4.42 Å². The maximum absolute atomic E-state index is 6.86. The van der Waals surface area contributed by atoms with E-state index in [9.17, 15) is 0 Å². The van der Waals surface area contributed by atoms with E-state index in [2.05, 4.69) is 205 Å². The average Bonchev–Trinajstić information content (AvgIpc) is 3.84. The number of fused-ring (bicyclic) bond motifs is 8. The number of hydrogen-bond acceptors (Lipinski definition) is 3. The van der Waals surface area contributed by atoms with Gasteiger partial charge in [-0.3, -0.25) is 0 Å². The second kappa shape index (κ2) is 12.9. The lowest BCUT2D eigenvalue weighted by molar-refractivity contribution is 0.673. The Labute approximate surface area is 322 Å². The second-order valence-electron chi connectivity index (χ2n) is 14.1. The van der Waals surface area contributed by atoms with Crippen LogP contribution in [-0.2, 0) is 0 Å². The molecule has 0 amide bonds. The van der Waals surface area contributed by atoms with E-state index in [1.807, 2.05) is 11.3 Å². The zero-order chi connectivity index (χ0) is 36.3. The van der Waals surface area contributed by atoms with Gasteiger partial charge in [0, 0.05) is 47.7 Å². The van der Waals surface area contributed by atoms with Gasteiger partial charge in [-0.05, 0) is 81.2 Å². The highest BCUT2D eigenvalue weighted by atomic mass is 32.1. The standard InChI is InChI=1S/C52H33NOS/c1-2-10-34(11-3-1)36-24-29-40(30-25-36)53(48-18-9-16-45-46-33-28-38-12-4-5-13-42(38)50(46)54-51(45)48)41-31-26-37(27-32-41)35-20-22-39(23-21-35)43-15-8-17-47-44-14-6-7-19-49(44)55-52(43)47/h1-33H. The van der Waals surface area contributed by atoms with Gasteiger partial charge in [0.1, 0.15) is 5.58 Å². The summed E-state index contributed by atoms with van der Waals surface area (Å²) in [7, 11) is 0. The Balaban J connectivity index is 0.996. The lowest BCUT2D eigenvalue weighted by Gasteiger charge is -2.26. The van der Waals surface area contributed by atoms with Crippen molar-refractivity contribution in [2.24, 2.45) is 0 Å². The third-order valence-corrected chi connectivity index (χ3v) is 12.1. The first-order chi connectivity index (χ1) is 27.3.